The van der Waals surface area contributed by atoms with Crippen molar-refractivity contribution in [3.63, 3.8) is 0 Å². The lowest BCUT2D eigenvalue weighted by atomic mass is 9.93. The smallest absolute Gasteiger partial charge is 0.234 e. The maximum Gasteiger partial charge on any atom is 0.234 e. The van der Waals surface area contributed by atoms with Crippen LogP contribution in [0.5, 0.6) is 0 Å². The molecular weight excluding hydrogens is 258 g/mol. The third kappa shape index (κ3) is 2.07. The summed E-state index contributed by atoms with van der Waals surface area (Å²) in [6.45, 7) is 7.59. The fourth-order valence-electron chi connectivity index (χ4n) is 2.92. The van der Waals surface area contributed by atoms with Gasteiger partial charge in [0.05, 0.1) is 5.54 Å². The zero-order valence-electron chi connectivity index (χ0n) is 11.8. The molecule has 0 saturated carbocycles. The second-order valence-electron chi connectivity index (χ2n) is 5.68. The predicted molar refractivity (Wildman–Crippen MR) is 76.6 cm³/mol. The molecule has 0 bridgehead atoms. The van der Waals surface area contributed by atoms with Crippen molar-refractivity contribution < 1.29 is 0 Å². The van der Waals surface area contributed by atoms with E-state index in [4.69, 9.17) is 5.10 Å². The second-order valence-corrected chi connectivity index (χ2v) is 6.63. The fraction of sp³-hybridized carbons (Fsp3) is 0.769. The van der Waals surface area contributed by atoms with Gasteiger partial charge >= 0.3 is 0 Å². The summed E-state index contributed by atoms with van der Waals surface area (Å²) in [6, 6.07) is 0. The van der Waals surface area contributed by atoms with Gasteiger partial charge in [-0.3, -0.25) is 0 Å². The molecular formula is C13H21N5S. The van der Waals surface area contributed by atoms with E-state index in [1.54, 1.807) is 11.3 Å². The fourth-order valence-corrected chi connectivity index (χ4v) is 3.99. The Morgan fingerprint density at radius 1 is 1.42 bits per heavy atom. The second kappa shape index (κ2) is 4.83. The van der Waals surface area contributed by atoms with E-state index in [1.165, 1.54) is 24.3 Å². The van der Waals surface area contributed by atoms with E-state index < -0.39 is 0 Å². The van der Waals surface area contributed by atoms with Gasteiger partial charge in [0, 0.05) is 5.92 Å². The SMILES string of the molecule is CCCC1(c2nn3c(C(C)C)nnc3s2)CCCN1. The van der Waals surface area contributed by atoms with Crippen LogP contribution in [0, 0.1) is 0 Å². The summed E-state index contributed by atoms with van der Waals surface area (Å²) >= 11 is 1.69. The van der Waals surface area contributed by atoms with Gasteiger partial charge in [-0.15, -0.1) is 10.2 Å². The first kappa shape index (κ1) is 13.0. The molecule has 3 heterocycles. The van der Waals surface area contributed by atoms with Gasteiger partial charge in [-0.25, -0.2) is 0 Å². The van der Waals surface area contributed by atoms with Crippen LogP contribution < -0.4 is 5.32 Å². The molecule has 0 spiro atoms. The molecule has 0 radical (unpaired) electrons. The lowest BCUT2D eigenvalue weighted by Crippen LogP contribution is -2.36. The third-order valence-electron chi connectivity index (χ3n) is 3.86. The average Bonchev–Trinajstić information content (AvgIpc) is 3.01. The molecule has 0 amide bonds. The van der Waals surface area contributed by atoms with E-state index in [0.717, 1.165) is 23.8 Å². The van der Waals surface area contributed by atoms with Crippen molar-refractivity contribution in [2.45, 2.75) is 57.9 Å². The molecule has 19 heavy (non-hydrogen) atoms. The van der Waals surface area contributed by atoms with Crippen molar-refractivity contribution in [1.29, 1.82) is 0 Å². The molecule has 1 aliphatic rings. The third-order valence-corrected chi connectivity index (χ3v) is 4.96. The zero-order valence-corrected chi connectivity index (χ0v) is 12.6. The maximum absolute atomic E-state index is 4.81. The Labute approximate surface area is 117 Å². The monoisotopic (exact) mass is 279 g/mol. The van der Waals surface area contributed by atoms with Crippen LogP contribution in [0.1, 0.15) is 63.2 Å². The maximum atomic E-state index is 4.81. The number of fused-ring (bicyclic) bond motifs is 1. The van der Waals surface area contributed by atoms with E-state index in [9.17, 15) is 0 Å². The van der Waals surface area contributed by atoms with E-state index in [2.05, 4.69) is 36.3 Å². The van der Waals surface area contributed by atoms with Crippen molar-refractivity contribution in [2.75, 3.05) is 6.54 Å². The Kier molecular flexibility index (Phi) is 3.30. The summed E-state index contributed by atoms with van der Waals surface area (Å²) in [6.07, 6.45) is 4.73. The average molecular weight is 279 g/mol. The summed E-state index contributed by atoms with van der Waals surface area (Å²) in [5, 5.41) is 18.2. The van der Waals surface area contributed by atoms with Crippen LogP contribution in [0.2, 0.25) is 0 Å². The van der Waals surface area contributed by atoms with Gasteiger partial charge in [0.25, 0.3) is 0 Å². The summed E-state index contributed by atoms with van der Waals surface area (Å²) < 4.78 is 1.93. The molecule has 1 fully saturated rings. The highest BCUT2D eigenvalue weighted by Crippen LogP contribution is 2.37. The Morgan fingerprint density at radius 3 is 2.89 bits per heavy atom. The number of hydrogen-bond acceptors (Lipinski definition) is 5. The zero-order chi connectivity index (χ0) is 13.5. The van der Waals surface area contributed by atoms with E-state index in [1.807, 2.05) is 4.52 Å². The Hall–Kier alpha value is -1.01. The Bertz CT molecular complexity index is 565. The normalized spacial score (nSPS) is 23.8. The molecule has 104 valence electrons. The molecule has 0 aliphatic carbocycles. The molecule has 6 heteroatoms. The first-order valence-corrected chi connectivity index (χ1v) is 7.95. The highest BCUT2D eigenvalue weighted by atomic mass is 32.1. The molecule has 2 aromatic rings. The molecule has 1 unspecified atom stereocenters. The van der Waals surface area contributed by atoms with Crippen LogP contribution in [0.4, 0.5) is 0 Å². The summed E-state index contributed by atoms with van der Waals surface area (Å²) in [4.78, 5) is 0.919. The Morgan fingerprint density at radius 2 is 2.26 bits per heavy atom. The van der Waals surface area contributed by atoms with Gasteiger partial charge in [-0.05, 0) is 25.8 Å². The Balaban J connectivity index is 2.04. The summed E-state index contributed by atoms with van der Waals surface area (Å²) in [7, 11) is 0. The molecule has 1 atom stereocenters. The van der Waals surface area contributed by atoms with Gasteiger partial charge in [0.15, 0.2) is 5.82 Å². The minimum absolute atomic E-state index is 0.0777. The minimum atomic E-state index is 0.0777. The number of rotatable bonds is 4. The van der Waals surface area contributed by atoms with Crippen LogP contribution >= 0.6 is 11.3 Å². The molecule has 1 aliphatic heterocycles. The van der Waals surface area contributed by atoms with Crippen molar-refractivity contribution in [1.82, 2.24) is 25.1 Å². The van der Waals surface area contributed by atoms with Gasteiger partial charge in [0.2, 0.25) is 4.96 Å². The van der Waals surface area contributed by atoms with E-state index >= 15 is 0 Å². The number of aromatic nitrogens is 4. The summed E-state index contributed by atoms with van der Waals surface area (Å²) in [5.41, 5.74) is 0.0777. The summed E-state index contributed by atoms with van der Waals surface area (Å²) in [5.74, 6) is 1.31. The van der Waals surface area contributed by atoms with Crippen LogP contribution in [-0.2, 0) is 5.54 Å². The molecule has 0 aromatic carbocycles. The van der Waals surface area contributed by atoms with Crippen LogP contribution in [0.25, 0.3) is 4.96 Å². The predicted octanol–water partition coefficient (Wildman–Crippen LogP) is 2.69. The first-order chi connectivity index (χ1) is 9.16. The largest absolute Gasteiger partial charge is 0.305 e. The first-order valence-electron chi connectivity index (χ1n) is 7.14. The van der Waals surface area contributed by atoms with Crippen LogP contribution in [-0.4, -0.2) is 26.4 Å². The highest BCUT2D eigenvalue weighted by molar-refractivity contribution is 7.16. The minimum Gasteiger partial charge on any atom is -0.305 e. The van der Waals surface area contributed by atoms with Crippen molar-refractivity contribution in [3.05, 3.63) is 10.8 Å². The molecule has 2 aromatic heterocycles. The van der Waals surface area contributed by atoms with Gasteiger partial charge in [-0.2, -0.15) is 9.61 Å². The van der Waals surface area contributed by atoms with Gasteiger partial charge < -0.3 is 5.32 Å². The van der Waals surface area contributed by atoms with E-state index in [0.29, 0.717) is 5.92 Å². The molecule has 3 rings (SSSR count). The lowest BCUT2D eigenvalue weighted by molar-refractivity contribution is 0.350. The lowest BCUT2D eigenvalue weighted by Gasteiger charge is -2.26. The molecule has 5 nitrogen and oxygen atoms in total. The van der Waals surface area contributed by atoms with E-state index in [-0.39, 0.29) is 5.54 Å². The van der Waals surface area contributed by atoms with Crippen molar-refractivity contribution in [3.8, 4) is 0 Å². The number of nitrogens with zero attached hydrogens (tertiary/aromatic N) is 4. The van der Waals surface area contributed by atoms with Crippen LogP contribution in [0.15, 0.2) is 0 Å². The highest BCUT2D eigenvalue weighted by Gasteiger charge is 2.38. The molecule has 1 saturated heterocycles. The quantitative estimate of drug-likeness (QED) is 0.935. The number of hydrogen-bond donors (Lipinski definition) is 1. The topological polar surface area (TPSA) is 55.1 Å². The van der Waals surface area contributed by atoms with Gasteiger partial charge in [0.1, 0.15) is 5.01 Å². The number of nitrogens with one attached hydrogen (secondary N) is 1. The van der Waals surface area contributed by atoms with Crippen molar-refractivity contribution in [2.24, 2.45) is 0 Å². The van der Waals surface area contributed by atoms with Crippen molar-refractivity contribution >= 4 is 16.3 Å². The van der Waals surface area contributed by atoms with Crippen LogP contribution in [0.3, 0.4) is 0 Å². The standard InChI is InChI=1S/C13H21N5S/c1-4-6-13(7-5-8-14-13)11-17-18-10(9(2)3)15-16-12(18)19-11/h9,14H,4-8H2,1-3H3. The molecule has 1 N–H and O–H groups in total. The van der Waals surface area contributed by atoms with Gasteiger partial charge in [-0.1, -0.05) is 38.5 Å².